The molecule has 0 amide bonds. The molecule has 2 saturated carbocycles. The lowest BCUT2D eigenvalue weighted by molar-refractivity contribution is -0.943. The van der Waals surface area contributed by atoms with Gasteiger partial charge in [0.05, 0.1) is 18.5 Å². The number of Topliss-reactive ketones (excluding diaryl/α,β-unsaturated/α-hetero) is 1. The van der Waals surface area contributed by atoms with E-state index in [1.54, 1.807) is 19.9 Å². The summed E-state index contributed by atoms with van der Waals surface area (Å²) in [6.45, 7) is 5.56. The molecular weight excluding hydrogens is 406 g/mol. The van der Waals surface area contributed by atoms with Crippen LogP contribution in [-0.2, 0) is 16.6 Å². The highest BCUT2D eigenvalue weighted by molar-refractivity contribution is 5.89. The Bertz CT molecular complexity index is 853. The van der Waals surface area contributed by atoms with Crippen molar-refractivity contribution in [2.75, 3.05) is 13.1 Å². The fraction of sp³-hybridized carbons (Fsp3) is 0.696. The Labute approximate surface area is 183 Å². The Hall–Kier alpha value is -1.34. The van der Waals surface area contributed by atoms with Crippen LogP contribution in [0.25, 0.3) is 0 Å². The second-order valence-electron chi connectivity index (χ2n) is 9.96. The first-order valence-corrected chi connectivity index (χ1v) is 11.1. The molecule has 3 fully saturated rings. The van der Waals surface area contributed by atoms with E-state index in [-0.39, 0.29) is 36.1 Å². The molecule has 2 bridgehead atoms. The highest BCUT2D eigenvalue weighted by Gasteiger charge is 2.75. The summed E-state index contributed by atoms with van der Waals surface area (Å²) in [4.78, 5) is 14.2. The number of piperidine rings is 1. The number of hydrogen-bond acceptors (Lipinski definition) is 5. The number of rotatable bonds is 2. The quantitative estimate of drug-likeness (QED) is 0.410. The number of phenols is 1. The van der Waals surface area contributed by atoms with Crippen molar-refractivity contribution in [1.82, 2.24) is 0 Å². The summed E-state index contributed by atoms with van der Waals surface area (Å²) in [5.41, 5.74) is 0.546. The number of ether oxygens (including phenoxy) is 1. The summed E-state index contributed by atoms with van der Waals surface area (Å²) < 4.78 is 6.05. The van der Waals surface area contributed by atoms with Gasteiger partial charge in [0.2, 0.25) is 0 Å². The van der Waals surface area contributed by atoms with Gasteiger partial charge in [-0.1, -0.05) is 6.07 Å². The van der Waals surface area contributed by atoms with Crippen molar-refractivity contribution < 1.29 is 42.2 Å². The molecule has 6 nitrogen and oxygen atoms in total. The number of likely N-dealkylation sites (tertiary alicyclic amines) is 1. The summed E-state index contributed by atoms with van der Waals surface area (Å²) in [5.74, 6) is 1.45. The molecule has 1 aromatic rings. The average molecular weight is 438 g/mol. The van der Waals surface area contributed by atoms with Gasteiger partial charge in [-0.15, -0.1) is 0 Å². The van der Waals surface area contributed by atoms with Crippen molar-refractivity contribution in [1.29, 1.82) is 0 Å². The fourth-order valence-electron chi connectivity index (χ4n) is 6.49. The molecule has 1 spiro atoms. The average Bonchev–Trinajstić information content (AvgIpc) is 3.39. The van der Waals surface area contributed by atoms with E-state index in [2.05, 4.69) is 0 Å². The first-order chi connectivity index (χ1) is 13.8. The maximum Gasteiger partial charge on any atom is 0.174 e. The van der Waals surface area contributed by atoms with Gasteiger partial charge in [0.25, 0.3) is 0 Å². The molecule has 3 aliphatic carbocycles. The van der Waals surface area contributed by atoms with Crippen LogP contribution in [0.15, 0.2) is 12.1 Å². The molecule has 1 aromatic carbocycles. The first kappa shape index (κ1) is 21.9. The van der Waals surface area contributed by atoms with Crippen LogP contribution in [-0.4, -0.2) is 58.0 Å². The van der Waals surface area contributed by atoms with Gasteiger partial charge < -0.3 is 37.4 Å². The summed E-state index contributed by atoms with van der Waals surface area (Å²) in [6.07, 6.45) is 4.32. The molecule has 2 heterocycles. The molecule has 0 aromatic heterocycles. The molecule has 2 aliphatic heterocycles. The van der Waals surface area contributed by atoms with Gasteiger partial charge >= 0.3 is 0 Å². The molecule has 1 unspecified atom stereocenters. The van der Waals surface area contributed by atoms with E-state index in [4.69, 9.17) is 9.84 Å². The number of hydrogen-bond donors (Lipinski definition) is 4. The highest BCUT2D eigenvalue weighted by Crippen LogP contribution is 2.62. The number of halogens is 1. The molecule has 5 aliphatic rings. The number of carbonyl (C=O) groups excluding carboxylic acids is 1. The molecule has 0 radical (unpaired) electrons. The van der Waals surface area contributed by atoms with Gasteiger partial charge in [-0.2, -0.15) is 0 Å². The maximum atomic E-state index is 12.7. The topological polar surface area (TPSA) is 91.4 Å². The zero-order valence-corrected chi connectivity index (χ0v) is 18.4. The van der Waals surface area contributed by atoms with E-state index in [1.165, 1.54) is 17.7 Å². The van der Waals surface area contributed by atoms with Crippen LogP contribution in [0.4, 0.5) is 0 Å². The van der Waals surface area contributed by atoms with Crippen LogP contribution >= 0.6 is 0 Å². The predicted molar refractivity (Wildman–Crippen MR) is 106 cm³/mol. The van der Waals surface area contributed by atoms with Crippen molar-refractivity contribution in [3.63, 3.8) is 0 Å². The number of phenolic OH excluding ortho intramolecular Hbond substituents is 1. The minimum absolute atomic E-state index is 0. The smallest absolute Gasteiger partial charge is 0.174 e. The Morgan fingerprint density at radius 3 is 2.63 bits per heavy atom. The van der Waals surface area contributed by atoms with Gasteiger partial charge in [0.15, 0.2) is 23.4 Å². The number of quaternary nitrogens is 1. The number of nitrogens with one attached hydrogen (secondary N) is 1. The van der Waals surface area contributed by atoms with Crippen molar-refractivity contribution in [3.8, 4) is 11.5 Å². The van der Waals surface area contributed by atoms with Gasteiger partial charge in [-0.25, -0.2) is 0 Å². The third-order valence-corrected chi connectivity index (χ3v) is 7.75. The Balaban J connectivity index is 0.000000404. The van der Waals surface area contributed by atoms with Crippen LogP contribution in [0.5, 0.6) is 11.5 Å². The molecule has 5 atom stereocenters. The molecule has 30 heavy (non-hydrogen) atoms. The number of carbonyl (C=O) groups is 1. The fourth-order valence-corrected chi connectivity index (χ4v) is 6.49. The Morgan fingerprint density at radius 1 is 1.27 bits per heavy atom. The first-order valence-electron chi connectivity index (χ1n) is 11.1. The molecule has 6 rings (SSSR count). The van der Waals surface area contributed by atoms with Crippen molar-refractivity contribution >= 4 is 5.78 Å². The van der Waals surface area contributed by atoms with Gasteiger partial charge in [0, 0.05) is 36.8 Å². The normalized spacial score (nSPS) is 37.5. The number of aromatic hydroxyl groups is 1. The molecular formula is C23H32ClNO5. The lowest BCUT2D eigenvalue weighted by Gasteiger charge is -2.60. The van der Waals surface area contributed by atoms with E-state index < -0.39 is 17.1 Å². The molecule has 7 heteroatoms. The summed E-state index contributed by atoms with van der Waals surface area (Å²) in [6, 6.07) is 3.80. The second-order valence-corrected chi connectivity index (χ2v) is 9.96. The minimum Gasteiger partial charge on any atom is -1.00 e. The van der Waals surface area contributed by atoms with E-state index in [0.717, 1.165) is 43.0 Å². The van der Waals surface area contributed by atoms with E-state index >= 15 is 0 Å². The van der Waals surface area contributed by atoms with E-state index in [1.807, 2.05) is 6.07 Å². The third kappa shape index (κ3) is 2.91. The van der Waals surface area contributed by atoms with Crippen LogP contribution in [0, 0.1) is 5.92 Å². The number of ketones is 1. The number of aliphatic hydroxyl groups is 2. The van der Waals surface area contributed by atoms with Gasteiger partial charge in [0.1, 0.15) is 11.6 Å². The zero-order chi connectivity index (χ0) is 20.6. The van der Waals surface area contributed by atoms with Crippen LogP contribution in [0.3, 0.4) is 0 Å². The van der Waals surface area contributed by atoms with E-state index in [9.17, 15) is 15.0 Å². The molecule has 166 valence electrons. The van der Waals surface area contributed by atoms with Crippen molar-refractivity contribution in [2.24, 2.45) is 5.92 Å². The molecule has 1 saturated heterocycles. The summed E-state index contributed by atoms with van der Waals surface area (Å²) in [5, 5.41) is 30.4. The maximum absolute atomic E-state index is 12.7. The van der Waals surface area contributed by atoms with Gasteiger partial charge in [-0.3, -0.25) is 4.79 Å². The zero-order valence-electron chi connectivity index (χ0n) is 17.7. The minimum atomic E-state index is -0.903. The van der Waals surface area contributed by atoms with Crippen molar-refractivity contribution in [3.05, 3.63) is 23.3 Å². The largest absolute Gasteiger partial charge is 1.00 e. The van der Waals surface area contributed by atoms with Crippen LogP contribution in [0.1, 0.15) is 57.1 Å². The summed E-state index contributed by atoms with van der Waals surface area (Å²) >= 11 is 0. The highest BCUT2D eigenvalue weighted by atomic mass is 35.5. The lowest BCUT2D eigenvalue weighted by atomic mass is 9.49. The monoisotopic (exact) mass is 437 g/mol. The third-order valence-electron chi connectivity index (χ3n) is 7.75. The number of benzene rings is 1. The lowest BCUT2D eigenvalue weighted by Crippen LogP contribution is -3.21. The SMILES string of the molecule is CC(C)O.O=C1CC[C@@]2(O)[C@H]3Cc4ccc(O)c5c4[C@@]2(CC[NH+]3CC2CC2)[C@H]1O5.[Cl-]. The van der Waals surface area contributed by atoms with E-state index in [0.29, 0.717) is 18.6 Å². The second kappa shape index (κ2) is 7.37. The van der Waals surface area contributed by atoms with Crippen LogP contribution < -0.4 is 22.0 Å². The number of aliphatic hydroxyl groups excluding tert-OH is 1. The summed E-state index contributed by atoms with van der Waals surface area (Å²) in [7, 11) is 0. The Kier molecular flexibility index (Phi) is 5.37. The van der Waals surface area contributed by atoms with Crippen molar-refractivity contribution in [2.45, 2.75) is 81.6 Å². The standard InChI is InChI=1S/C20H23NO4.C3H8O.ClH/c22-13-4-3-12-9-15-20(24)6-5-14(23)18-19(20,16(12)17(13)25-18)7-8-21(15)10-11-1-2-11;1-3(2)4;/h3-4,11,15,18,22,24H,1-2,5-10H2;3-4H,1-2H3;1H/t15-,18+,19+,20-;;/m1../s1. The predicted octanol–water partition coefficient (Wildman–Crippen LogP) is -2.50. The van der Waals surface area contributed by atoms with Crippen LogP contribution in [0.2, 0.25) is 0 Å². The Morgan fingerprint density at radius 2 is 1.97 bits per heavy atom. The van der Waals surface area contributed by atoms with Gasteiger partial charge in [-0.05, 0) is 44.7 Å². The molecule has 4 N–H and O–H groups in total.